The van der Waals surface area contributed by atoms with Crippen LogP contribution in [0.5, 0.6) is 17.2 Å². The molecular formula is C18H18Br2N2O4. The van der Waals surface area contributed by atoms with Gasteiger partial charge in [0.2, 0.25) is 0 Å². The predicted molar refractivity (Wildman–Crippen MR) is 107 cm³/mol. The normalized spacial score (nSPS) is 10.6. The van der Waals surface area contributed by atoms with Crippen LogP contribution >= 0.6 is 31.9 Å². The molecule has 1 amide bonds. The first-order chi connectivity index (χ1) is 12.5. The fourth-order valence-corrected chi connectivity index (χ4v) is 3.51. The zero-order chi connectivity index (χ0) is 18.9. The van der Waals surface area contributed by atoms with Gasteiger partial charge in [0.1, 0.15) is 5.75 Å². The molecule has 138 valence electrons. The van der Waals surface area contributed by atoms with Gasteiger partial charge in [0.15, 0.2) is 18.1 Å². The van der Waals surface area contributed by atoms with Crippen LogP contribution < -0.4 is 19.6 Å². The number of hydrazone groups is 1. The van der Waals surface area contributed by atoms with Crippen LogP contribution in [0.4, 0.5) is 0 Å². The Labute approximate surface area is 168 Å². The van der Waals surface area contributed by atoms with Crippen LogP contribution in [0, 0.1) is 0 Å². The van der Waals surface area contributed by atoms with Gasteiger partial charge >= 0.3 is 0 Å². The van der Waals surface area contributed by atoms with Crippen molar-refractivity contribution in [2.75, 3.05) is 20.3 Å². The molecule has 2 aromatic rings. The maximum atomic E-state index is 11.9. The second kappa shape index (κ2) is 10.2. The van der Waals surface area contributed by atoms with E-state index in [1.807, 2.05) is 31.2 Å². The third-order valence-electron chi connectivity index (χ3n) is 3.14. The van der Waals surface area contributed by atoms with Crippen molar-refractivity contribution in [2.45, 2.75) is 6.92 Å². The number of benzene rings is 2. The largest absolute Gasteiger partial charge is 0.495 e. The summed E-state index contributed by atoms with van der Waals surface area (Å²) in [4.78, 5) is 11.9. The summed E-state index contributed by atoms with van der Waals surface area (Å²) >= 11 is 6.81. The number of hydrogen-bond acceptors (Lipinski definition) is 5. The van der Waals surface area contributed by atoms with E-state index in [1.165, 1.54) is 6.21 Å². The van der Waals surface area contributed by atoms with Crippen LogP contribution in [0.25, 0.3) is 0 Å². The van der Waals surface area contributed by atoms with E-state index in [4.69, 9.17) is 14.2 Å². The van der Waals surface area contributed by atoms with Crippen molar-refractivity contribution in [3.05, 3.63) is 50.9 Å². The van der Waals surface area contributed by atoms with Gasteiger partial charge in [0.25, 0.3) is 5.91 Å². The molecule has 2 aromatic carbocycles. The van der Waals surface area contributed by atoms with Crippen LogP contribution in [0.1, 0.15) is 12.5 Å². The number of methoxy groups -OCH3 is 1. The molecular weight excluding hydrogens is 468 g/mol. The van der Waals surface area contributed by atoms with Crippen molar-refractivity contribution in [1.82, 2.24) is 5.43 Å². The van der Waals surface area contributed by atoms with Gasteiger partial charge in [-0.15, -0.1) is 0 Å². The summed E-state index contributed by atoms with van der Waals surface area (Å²) in [5.41, 5.74) is 3.13. The molecule has 6 nitrogen and oxygen atoms in total. The molecule has 0 aliphatic heterocycles. The third-order valence-corrected chi connectivity index (χ3v) is 4.19. The summed E-state index contributed by atoms with van der Waals surface area (Å²) in [6.45, 7) is 2.22. The summed E-state index contributed by atoms with van der Waals surface area (Å²) in [6.07, 6.45) is 1.50. The molecule has 0 saturated heterocycles. The smallest absolute Gasteiger partial charge is 0.277 e. The summed E-state index contributed by atoms with van der Waals surface area (Å²) in [5.74, 6) is 1.33. The Morgan fingerprint density at radius 2 is 1.88 bits per heavy atom. The van der Waals surface area contributed by atoms with E-state index in [0.29, 0.717) is 29.4 Å². The Morgan fingerprint density at radius 1 is 1.19 bits per heavy atom. The molecule has 0 aromatic heterocycles. The second-order valence-electron chi connectivity index (χ2n) is 4.97. The molecule has 0 heterocycles. The number of halogens is 2. The molecule has 1 N–H and O–H groups in total. The number of ether oxygens (including phenoxy) is 3. The third kappa shape index (κ3) is 5.74. The Balaban J connectivity index is 1.94. The summed E-state index contributed by atoms with van der Waals surface area (Å²) in [5, 5.41) is 3.95. The molecule has 26 heavy (non-hydrogen) atoms. The first-order valence-electron chi connectivity index (χ1n) is 7.74. The van der Waals surface area contributed by atoms with Gasteiger partial charge in [-0.1, -0.05) is 28.1 Å². The molecule has 0 unspecified atom stereocenters. The Kier molecular flexibility index (Phi) is 7.93. The molecule has 0 radical (unpaired) electrons. The molecule has 0 atom stereocenters. The van der Waals surface area contributed by atoms with Gasteiger partial charge in [-0.25, -0.2) is 5.43 Å². The van der Waals surface area contributed by atoms with E-state index in [2.05, 4.69) is 42.4 Å². The number of carbonyl (C=O) groups is 1. The molecule has 0 bridgehead atoms. The lowest BCUT2D eigenvalue weighted by atomic mass is 10.2. The Hall–Kier alpha value is -2.06. The number of carbonyl (C=O) groups excluding carboxylic acids is 1. The molecule has 0 spiro atoms. The quantitative estimate of drug-likeness (QED) is 0.450. The highest BCUT2D eigenvalue weighted by Gasteiger charge is 2.09. The van der Waals surface area contributed by atoms with E-state index in [-0.39, 0.29) is 12.5 Å². The van der Waals surface area contributed by atoms with Gasteiger partial charge in [-0.3, -0.25) is 4.79 Å². The van der Waals surface area contributed by atoms with E-state index < -0.39 is 0 Å². The fraction of sp³-hybridized carbons (Fsp3) is 0.222. The summed E-state index contributed by atoms with van der Waals surface area (Å²) < 4.78 is 17.9. The molecule has 0 aliphatic rings. The average Bonchev–Trinajstić information content (AvgIpc) is 2.61. The van der Waals surface area contributed by atoms with Gasteiger partial charge < -0.3 is 14.2 Å². The highest BCUT2D eigenvalue weighted by Crippen LogP contribution is 2.31. The average molecular weight is 486 g/mol. The lowest BCUT2D eigenvalue weighted by Crippen LogP contribution is -2.24. The van der Waals surface area contributed by atoms with Crippen molar-refractivity contribution >= 4 is 44.0 Å². The number of hydrogen-bond donors (Lipinski definition) is 1. The number of amides is 1. The lowest BCUT2D eigenvalue weighted by Gasteiger charge is -2.10. The summed E-state index contributed by atoms with van der Waals surface area (Å²) in [6, 6.07) is 10.9. The highest BCUT2D eigenvalue weighted by atomic mass is 79.9. The lowest BCUT2D eigenvalue weighted by molar-refractivity contribution is -0.123. The number of rotatable bonds is 8. The zero-order valence-electron chi connectivity index (χ0n) is 14.3. The van der Waals surface area contributed by atoms with Gasteiger partial charge in [-0.05, 0) is 47.1 Å². The van der Waals surface area contributed by atoms with Crippen molar-refractivity contribution < 1.29 is 19.0 Å². The minimum atomic E-state index is -0.388. The van der Waals surface area contributed by atoms with Crippen LogP contribution in [0.3, 0.4) is 0 Å². The number of nitrogens with one attached hydrogen (secondary N) is 1. The standard InChI is InChI=1S/C18H18Br2N2O4/c1-3-25-15-6-4-5-7-16(15)26-11-17(23)22-21-10-12-8-13(19)9-14(20)18(12)24-2/h4-10H,3,11H2,1-2H3,(H,22,23). The maximum absolute atomic E-state index is 11.9. The van der Waals surface area contributed by atoms with Gasteiger partial charge in [-0.2, -0.15) is 5.10 Å². The minimum Gasteiger partial charge on any atom is -0.495 e. The maximum Gasteiger partial charge on any atom is 0.277 e. The van der Waals surface area contributed by atoms with Crippen LogP contribution in [-0.2, 0) is 4.79 Å². The first kappa shape index (κ1) is 20.3. The van der Waals surface area contributed by atoms with Gasteiger partial charge in [0.05, 0.1) is 24.4 Å². The molecule has 2 rings (SSSR count). The van der Waals surface area contributed by atoms with Crippen LogP contribution in [-0.4, -0.2) is 32.4 Å². The molecule has 0 aliphatic carbocycles. The van der Waals surface area contributed by atoms with Crippen molar-refractivity contribution in [3.63, 3.8) is 0 Å². The second-order valence-corrected chi connectivity index (χ2v) is 6.74. The topological polar surface area (TPSA) is 69.2 Å². The molecule has 8 heteroatoms. The Bertz CT molecular complexity index is 797. The monoisotopic (exact) mass is 484 g/mol. The fourth-order valence-electron chi connectivity index (χ4n) is 2.09. The van der Waals surface area contributed by atoms with E-state index in [1.54, 1.807) is 19.2 Å². The van der Waals surface area contributed by atoms with E-state index >= 15 is 0 Å². The van der Waals surface area contributed by atoms with Crippen molar-refractivity contribution in [3.8, 4) is 17.2 Å². The van der Waals surface area contributed by atoms with E-state index in [9.17, 15) is 4.79 Å². The SMILES string of the molecule is CCOc1ccccc1OCC(=O)NN=Cc1cc(Br)cc(Br)c1OC. The predicted octanol–water partition coefficient (Wildman–Crippen LogP) is 4.15. The van der Waals surface area contributed by atoms with E-state index in [0.717, 1.165) is 8.95 Å². The first-order valence-corrected chi connectivity index (χ1v) is 9.33. The van der Waals surface area contributed by atoms with Crippen LogP contribution in [0.2, 0.25) is 0 Å². The summed E-state index contributed by atoms with van der Waals surface area (Å²) in [7, 11) is 1.56. The molecule has 0 fully saturated rings. The number of nitrogens with zero attached hydrogens (tertiary/aromatic N) is 1. The Morgan fingerprint density at radius 3 is 2.54 bits per heavy atom. The van der Waals surface area contributed by atoms with Crippen molar-refractivity contribution in [2.24, 2.45) is 5.10 Å². The molecule has 0 saturated carbocycles. The zero-order valence-corrected chi connectivity index (χ0v) is 17.5. The van der Waals surface area contributed by atoms with Crippen molar-refractivity contribution in [1.29, 1.82) is 0 Å². The minimum absolute atomic E-state index is 0.180. The van der Waals surface area contributed by atoms with Crippen LogP contribution in [0.15, 0.2) is 50.4 Å². The van der Waals surface area contributed by atoms with Gasteiger partial charge in [0, 0.05) is 10.0 Å². The number of para-hydroxylation sites is 2. The highest BCUT2D eigenvalue weighted by molar-refractivity contribution is 9.11.